The zero-order valence-corrected chi connectivity index (χ0v) is 23.8. The summed E-state index contributed by atoms with van der Waals surface area (Å²) in [5, 5.41) is 6.03. The predicted octanol–water partition coefficient (Wildman–Crippen LogP) is 4.38. The molecule has 3 aromatic carbocycles. The van der Waals surface area contributed by atoms with Gasteiger partial charge in [0.1, 0.15) is 5.75 Å². The van der Waals surface area contributed by atoms with Gasteiger partial charge in [-0.15, -0.1) is 0 Å². The number of benzene rings is 3. The maximum atomic E-state index is 14.6. The van der Waals surface area contributed by atoms with Crippen molar-refractivity contribution < 1.29 is 28.6 Å². The van der Waals surface area contributed by atoms with E-state index in [0.29, 0.717) is 46.5 Å². The zero-order chi connectivity index (χ0) is 29.6. The van der Waals surface area contributed by atoms with E-state index in [1.165, 1.54) is 12.0 Å². The Morgan fingerprint density at radius 3 is 2.32 bits per heavy atom. The molecule has 0 spiro atoms. The lowest BCUT2D eigenvalue weighted by atomic mass is 9.74. The number of rotatable bonds is 12. The number of amides is 4. The van der Waals surface area contributed by atoms with E-state index >= 15 is 0 Å². The van der Waals surface area contributed by atoms with E-state index in [4.69, 9.17) is 31.5 Å². The average molecular weight is 581 g/mol. The highest BCUT2D eigenvalue weighted by molar-refractivity contribution is 6.30. The first-order valence-electron chi connectivity index (χ1n) is 13.2. The van der Waals surface area contributed by atoms with Crippen molar-refractivity contribution in [2.45, 2.75) is 31.6 Å². The Hall–Kier alpha value is -4.12. The smallest absolute Gasteiger partial charge is 0.320 e. The van der Waals surface area contributed by atoms with Crippen molar-refractivity contribution >= 4 is 40.8 Å². The summed E-state index contributed by atoms with van der Waals surface area (Å²) in [7, 11) is 1.51. The van der Waals surface area contributed by atoms with Crippen LogP contribution in [0.2, 0.25) is 5.02 Å². The number of hydrogen-bond donors (Lipinski definition) is 3. The van der Waals surface area contributed by atoms with Crippen LogP contribution in [-0.4, -0.2) is 51.0 Å². The van der Waals surface area contributed by atoms with Crippen molar-refractivity contribution in [3.05, 3.63) is 88.9 Å². The van der Waals surface area contributed by atoms with Gasteiger partial charge in [0.25, 0.3) is 5.91 Å². The molecule has 0 saturated carbocycles. The topological polar surface area (TPSA) is 132 Å². The Bertz CT molecular complexity index is 1400. The Kier molecular flexibility index (Phi) is 9.49. The fraction of sp³-hybridized carbons (Fsp3) is 0.300. The van der Waals surface area contributed by atoms with Crippen LogP contribution in [-0.2, 0) is 24.6 Å². The van der Waals surface area contributed by atoms with Gasteiger partial charge < -0.3 is 35.5 Å². The average Bonchev–Trinajstić information content (AvgIpc) is 3.17. The summed E-state index contributed by atoms with van der Waals surface area (Å²) in [5.41, 5.74) is 5.82. The minimum Gasteiger partial charge on any atom is -0.497 e. The maximum Gasteiger partial charge on any atom is 0.320 e. The second kappa shape index (κ2) is 13.0. The van der Waals surface area contributed by atoms with Crippen LogP contribution in [0.3, 0.4) is 0 Å². The van der Waals surface area contributed by atoms with E-state index < -0.39 is 35.6 Å². The first-order chi connectivity index (χ1) is 19.7. The summed E-state index contributed by atoms with van der Waals surface area (Å²) in [5.74, 6) is -2.15. The molecule has 0 aromatic heterocycles. The zero-order valence-electron chi connectivity index (χ0n) is 23.1. The molecule has 1 heterocycles. The number of nitrogens with two attached hydrogens (primary N) is 1. The van der Waals surface area contributed by atoms with E-state index in [0.717, 1.165) is 0 Å². The number of halogens is 1. The number of hydrogen-bond acceptors (Lipinski definition) is 6. The molecule has 216 valence electrons. The van der Waals surface area contributed by atoms with Crippen LogP contribution < -0.4 is 26.0 Å². The number of para-hydroxylation sites is 1. The Morgan fingerprint density at radius 2 is 1.68 bits per heavy atom. The molecule has 2 unspecified atom stereocenters. The Balaban J connectivity index is 1.85. The number of carbonyl (C=O) groups excluding carboxylic acids is 3. The van der Waals surface area contributed by atoms with Gasteiger partial charge in [-0.2, -0.15) is 0 Å². The molecule has 2 atom stereocenters. The van der Waals surface area contributed by atoms with Crippen molar-refractivity contribution in [1.29, 1.82) is 0 Å². The molecule has 1 aliphatic rings. The molecule has 10 nitrogen and oxygen atoms in total. The molecule has 0 fully saturated rings. The number of anilines is 2. The molecule has 4 N–H and O–H groups in total. The Labute approximate surface area is 243 Å². The van der Waals surface area contributed by atoms with Gasteiger partial charge in [0.2, 0.25) is 5.91 Å². The van der Waals surface area contributed by atoms with Gasteiger partial charge in [-0.05, 0) is 49.7 Å². The second-order valence-corrected chi connectivity index (χ2v) is 9.72. The number of nitrogens with zero attached hydrogens (tertiary/aromatic N) is 1. The van der Waals surface area contributed by atoms with E-state index in [9.17, 15) is 14.4 Å². The van der Waals surface area contributed by atoms with E-state index in [2.05, 4.69) is 10.6 Å². The fourth-order valence-corrected chi connectivity index (χ4v) is 5.26. The lowest BCUT2D eigenvalue weighted by Gasteiger charge is -2.36. The number of carbonyl (C=O) groups is 3. The summed E-state index contributed by atoms with van der Waals surface area (Å²) in [6, 6.07) is 19.4. The highest BCUT2D eigenvalue weighted by Crippen LogP contribution is 2.48. The third-order valence-electron chi connectivity index (χ3n) is 6.80. The lowest BCUT2D eigenvalue weighted by molar-refractivity contribution is -0.139. The van der Waals surface area contributed by atoms with Crippen molar-refractivity contribution in [2.75, 3.05) is 37.1 Å². The minimum absolute atomic E-state index is 0.0184. The quantitative estimate of drug-likeness (QED) is 0.272. The largest absolute Gasteiger partial charge is 0.497 e. The van der Waals surface area contributed by atoms with Crippen LogP contribution in [0.15, 0.2) is 72.8 Å². The third-order valence-corrected chi connectivity index (χ3v) is 7.05. The van der Waals surface area contributed by atoms with Crippen LogP contribution in [0.1, 0.15) is 30.9 Å². The highest BCUT2D eigenvalue weighted by atomic mass is 35.5. The van der Waals surface area contributed by atoms with E-state index in [1.54, 1.807) is 72.8 Å². The molecule has 11 heteroatoms. The first-order valence-corrected chi connectivity index (χ1v) is 13.6. The molecule has 4 rings (SSSR count). The van der Waals surface area contributed by atoms with Crippen LogP contribution >= 0.6 is 11.6 Å². The third kappa shape index (κ3) is 6.14. The van der Waals surface area contributed by atoms with Gasteiger partial charge in [-0.25, -0.2) is 4.79 Å². The number of urea groups is 1. The normalized spacial score (nSPS) is 16.8. The van der Waals surface area contributed by atoms with E-state index in [1.807, 2.05) is 13.8 Å². The highest BCUT2D eigenvalue weighted by Gasteiger charge is 2.59. The first kappa shape index (κ1) is 29.9. The van der Waals surface area contributed by atoms with E-state index in [-0.39, 0.29) is 6.54 Å². The van der Waals surface area contributed by atoms with Crippen molar-refractivity contribution in [3.63, 3.8) is 0 Å². The van der Waals surface area contributed by atoms with Crippen molar-refractivity contribution in [3.8, 4) is 5.75 Å². The summed E-state index contributed by atoms with van der Waals surface area (Å²) >= 11 is 6.13. The maximum absolute atomic E-state index is 14.6. The summed E-state index contributed by atoms with van der Waals surface area (Å²) < 4.78 is 16.7. The van der Waals surface area contributed by atoms with Gasteiger partial charge in [0.05, 0.1) is 25.3 Å². The molecule has 0 saturated heterocycles. The Morgan fingerprint density at radius 1 is 1.00 bits per heavy atom. The second-order valence-electron chi connectivity index (χ2n) is 9.28. The number of primary amides is 1. The number of nitrogens with one attached hydrogen (secondary N) is 2. The lowest BCUT2D eigenvalue weighted by Crippen LogP contribution is -2.60. The van der Waals surface area contributed by atoms with Crippen molar-refractivity contribution in [2.24, 2.45) is 5.73 Å². The number of fused-ring (bicyclic) bond motifs is 1. The molecule has 0 aliphatic carbocycles. The predicted molar refractivity (Wildman–Crippen MR) is 156 cm³/mol. The molecule has 0 bridgehead atoms. The molecule has 3 aromatic rings. The van der Waals surface area contributed by atoms with Crippen LogP contribution in [0.4, 0.5) is 16.2 Å². The minimum atomic E-state index is -1.91. The fourth-order valence-electron chi connectivity index (χ4n) is 5.13. The number of methoxy groups -OCH3 is 1. The van der Waals surface area contributed by atoms with Gasteiger partial charge >= 0.3 is 6.03 Å². The molecule has 0 radical (unpaired) electrons. The van der Waals surface area contributed by atoms with Crippen LogP contribution in [0, 0.1) is 0 Å². The molecule has 1 aliphatic heterocycles. The summed E-state index contributed by atoms with van der Waals surface area (Å²) in [6.07, 6.45) is -0.744. The van der Waals surface area contributed by atoms with Crippen molar-refractivity contribution in [1.82, 2.24) is 5.32 Å². The number of ether oxygens (including phenoxy) is 3. The molecule has 41 heavy (non-hydrogen) atoms. The van der Waals surface area contributed by atoms with Gasteiger partial charge in [0, 0.05) is 35.6 Å². The summed E-state index contributed by atoms with van der Waals surface area (Å²) in [4.78, 5) is 43.0. The SMILES string of the molecule is CCOC(CN1C(=O)C(NC(=O)Nc2cccc(OC)c2)(C(C(N)=O)c2ccc(Cl)cc2)c2ccccc21)OCC. The van der Waals surface area contributed by atoms with Crippen LogP contribution in [0.25, 0.3) is 0 Å². The molecule has 4 amide bonds. The molecular weight excluding hydrogens is 548 g/mol. The standard InChI is InChI=1S/C30H33ClN4O6/c1-4-40-25(41-5-2)18-35-24-12-7-6-11-23(24)30(28(35)37,26(27(32)36)19-13-15-20(31)16-14-19)34-29(38)33-21-9-8-10-22(17-21)39-3/h6-17,25-26H,4-5,18H2,1-3H3,(H2,32,36)(H2,33,34,38). The summed E-state index contributed by atoms with van der Waals surface area (Å²) in [6.45, 7) is 4.38. The monoisotopic (exact) mass is 580 g/mol. The van der Waals surface area contributed by atoms with Gasteiger partial charge in [-0.3, -0.25) is 9.59 Å². The van der Waals surface area contributed by atoms with Gasteiger partial charge in [-0.1, -0.05) is 48.0 Å². The van der Waals surface area contributed by atoms with Gasteiger partial charge in [0.15, 0.2) is 11.8 Å². The van der Waals surface area contributed by atoms with Crippen LogP contribution in [0.5, 0.6) is 5.75 Å². The molecular formula is C30H33ClN4O6.